The molecule has 2 N–H and O–H groups in total. The summed E-state index contributed by atoms with van der Waals surface area (Å²) in [5.74, 6) is 2.43. The summed E-state index contributed by atoms with van der Waals surface area (Å²) in [6.07, 6.45) is 3.95. The molecule has 0 aliphatic rings. The van der Waals surface area contributed by atoms with Crippen LogP contribution in [0, 0.1) is 5.92 Å². The van der Waals surface area contributed by atoms with Gasteiger partial charge < -0.3 is 19.7 Å². The molecule has 2 aromatic rings. The van der Waals surface area contributed by atoms with E-state index in [1.165, 1.54) is 0 Å². The Bertz CT molecular complexity index is 667. The Morgan fingerprint density at radius 3 is 2.00 bits per heavy atom. The summed E-state index contributed by atoms with van der Waals surface area (Å²) in [4.78, 5) is 0. The zero-order valence-electron chi connectivity index (χ0n) is 14.6. The van der Waals surface area contributed by atoms with Crippen molar-refractivity contribution in [2.24, 2.45) is 5.92 Å². The van der Waals surface area contributed by atoms with Gasteiger partial charge in [-0.3, -0.25) is 0 Å². The van der Waals surface area contributed by atoms with Crippen LogP contribution in [0.4, 0.5) is 0 Å². The van der Waals surface area contributed by atoms with Crippen LogP contribution in [0.3, 0.4) is 0 Å². The molecule has 0 aliphatic heterocycles. The van der Waals surface area contributed by atoms with E-state index < -0.39 is 0 Å². The van der Waals surface area contributed by atoms with E-state index in [-0.39, 0.29) is 11.5 Å². The first-order valence-electron chi connectivity index (χ1n) is 8.25. The average molecular weight is 330 g/mol. The molecule has 4 heteroatoms. The normalized spacial score (nSPS) is 12.0. The summed E-state index contributed by atoms with van der Waals surface area (Å²) in [5.41, 5.74) is 2.23. The number of ether oxygens (including phenoxy) is 2. The van der Waals surface area contributed by atoms with E-state index in [0.29, 0.717) is 5.92 Å². The van der Waals surface area contributed by atoms with Crippen molar-refractivity contribution in [3.05, 3.63) is 47.5 Å². The molecule has 0 aliphatic carbocycles. The second kappa shape index (κ2) is 8.48. The highest BCUT2D eigenvalue weighted by atomic mass is 16.5. The minimum Gasteiger partial charge on any atom is -0.508 e. The van der Waals surface area contributed by atoms with Gasteiger partial charge in [0.1, 0.15) is 23.0 Å². The lowest BCUT2D eigenvalue weighted by Crippen LogP contribution is -2.03. The Morgan fingerprint density at radius 1 is 0.875 bits per heavy atom. The topological polar surface area (TPSA) is 58.9 Å². The quantitative estimate of drug-likeness (QED) is 0.757. The fourth-order valence-corrected chi connectivity index (χ4v) is 2.96. The third-order valence-corrected chi connectivity index (χ3v) is 4.25. The fourth-order valence-electron chi connectivity index (χ4n) is 2.96. The minimum atomic E-state index is 0.225. The predicted octanol–water partition coefficient (Wildman–Crippen LogP) is 4.32. The average Bonchev–Trinajstić information content (AvgIpc) is 2.57. The van der Waals surface area contributed by atoms with E-state index in [0.717, 1.165) is 48.3 Å². The van der Waals surface area contributed by atoms with Gasteiger partial charge in [0.15, 0.2) is 0 Å². The highest BCUT2D eigenvalue weighted by Gasteiger charge is 2.10. The molecular weight excluding hydrogens is 304 g/mol. The van der Waals surface area contributed by atoms with Crippen LogP contribution >= 0.6 is 0 Å². The number of phenolic OH excluding ortho intramolecular Hbond substituents is 2. The lowest BCUT2D eigenvalue weighted by Gasteiger charge is -2.15. The Balaban J connectivity index is 1.89. The van der Waals surface area contributed by atoms with Gasteiger partial charge in [0.25, 0.3) is 0 Å². The summed E-state index contributed by atoms with van der Waals surface area (Å²) >= 11 is 0. The maximum absolute atomic E-state index is 9.53. The standard InChI is InChI=1S/C20H26O4/c1-14(11-16-8-10-18(22)13-20(16)24-3)5-4-6-15-7-9-17(21)12-19(15)23-2/h7-10,12-14,21-22H,4-6,11H2,1-3H3/t14-/m1/s1. The summed E-state index contributed by atoms with van der Waals surface area (Å²) < 4.78 is 10.7. The van der Waals surface area contributed by atoms with Crippen molar-refractivity contribution in [2.75, 3.05) is 14.2 Å². The first-order chi connectivity index (χ1) is 11.5. The van der Waals surface area contributed by atoms with Gasteiger partial charge in [-0.2, -0.15) is 0 Å². The summed E-state index contributed by atoms with van der Waals surface area (Å²) in [6.45, 7) is 2.22. The van der Waals surface area contributed by atoms with E-state index in [1.807, 2.05) is 12.1 Å². The Morgan fingerprint density at radius 2 is 1.42 bits per heavy atom. The second-order valence-corrected chi connectivity index (χ2v) is 6.19. The van der Waals surface area contributed by atoms with E-state index >= 15 is 0 Å². The Labute approximate surface area is 143 Å². The molecule has 130 valence electrons. The molecule has 4 nitrogen and oxygen atoms in total. The van der Waals surface area contributed by atoms with Crippen molar-refractivity contribution in [2.45, 2.75) is 32.6 Å². The Hall–Kier alpha value is -2.36. The van der Waals surface area contributed by atoms with Gasteiger partial charge in [-0.05, 0) is 48.4 Å². The van der Waals surface area contributed by atoms with Gasteiger partial charge >= 0.3 is 0 Å². The maximum Gasteiger partial charge on any atom is 0.125 e. The fraction of sp³-hybridized carbons (Fsp3) is 0.400. The van der Waals surface area contributed by atoms with Crippen LogP contribution in [0.1, 0.15) is 30.9 Å². The van der Waals surface area contributed by atoms with Crippen molar-refractivity contribution >= 4 is 0 Å². The Kier molecular flexibility index (Phi) is 6.36. The first kappa shape index (κ1) is 18.0. The number of hydrogen-bond acceptors (Lipinski definition) is 4. The van der Waals surface area contributed by atoms with Crippen LogP contribution in [0.5, 0.6) is 23.0 Å². The molecular formula is C20H26O4. The number of hydrogen-bond donors (Lipinski definition) is 2. The number of aromatic hydroxyl groups is 2. The molecule has 1 atom stereocenters. The third kappa shape index (κ3) is 4.82. The van der Waals surface area contributed by atoms with Crippen LogP contribution in [-0.2, 0) is 12.8 Å². The molecule has 2 rings (SSSR count). The van der Waals surface area contributed by atoms with Crippen molar-refractivity contribution < 1.29 is 19.7 Å². The number of rotatable bonds is 8. The number of aryl methyl sites for hydroxylation is 1. The van der Waals surface area contributed by atoms with Crippen LogP contribution in [0.25, 0.3) is 0 Å². The minimum absolute atomic E-state index is 0.225. The predicted molar refractivity (Wildman–Crippen MR) is 95.1 cm³/mol. The first-order valence-corrected chi connectivity index (χ1v) is 8.25. The van der Waals surface area contributed by atoms with Crippen LogP contribution < -0.4 is 9.47 Å². The number of phenols is 2. The van der Waals surface area contributed by atoms with Gasteiger partial charge in [-0.15, -0.1) is 0 Å². The number of benzene rings is 2. The molecule has 0 fully saturated rings. The summed E-state index contributed by atoms with van der Waals surface area (Å²) in [7, 11) is 3.25. The van der Waals surface area contributed by atoms with Crippen molar-refractivity contribution in [1.82, 2.24) is 0 Å². The van der Waals surface area contributed by atoms with E-state index in [9.17, 15) is 10.2 Å². The molecule has 0 radical (unpaired) electrons. The third-order valence-electron chi connectivity index (χ3n) is 4.25. The lowest BCUT2D eigenvalue weighted by molar-refractivity contribution is 0.395. The zero-order valence-corrected chi connectivity index (χ0v) is 14.6. The smallest absolute Gasteiger partial charge is 0.125 e. The SMILES string of the molecule is COc1cc(O)ccc1CCC[C@@H](C)Cc1ccc(O)cc1OC. The lowest BCUT2D eigenvalue weighted by atomic mass is 9.94. The van der Waals surface area contributed by atoms with E-state index in [4.69, 9.17) is 9.47 Å². The van der Waals surface area contributed by atoms with Crippen molar-refractivity contribution in [3.63, 3.8) is 0 Å². The van der Waals surface area contributed by atoms with Gasteiger partial charge in [0, 0.05) is 12.1 Å². The highest BCUT2D eigenvalue weighted by molar-refractivity contribution is 5.41. The molecule has 0 amide bonds. The van der Waals surface area contributed by atoms with Gasteiger partial charge in [0.05, 0.1) is 14.2 Å². The van der Waals surface area contributed by atoms with Crippen LogP contribution in [0.2, 0.25) is 0 Å². The highest BCUT2D eigenvalue weighted by Crippen LogP contribution is 2.28. The van der Waals surface area contributed by atoms with Gasteiger partial charge in [-0.25, -0.2) is 0 Å². The number of methoxy groups -OCH3 is 2. The second-order valence-electron chi connectivity index (χ2n) is 6.19. The molecule has 0 saturated heterocycles. The van der Waals surface area contributed by atoms with Crippen LogP contribution in [0.15, 0.2) is 36.4 Å². The molecule has 0 heterocycles. The van der Waals surface area contributed by atoms with Gasteiger partial charge in [-0.1, -0.05) is 25.5 Å². The van der Waals surface area contributed by atoms with Crippen molar-refractivity contribution in [3.8, 4) is 23.0 Å². The molecule has 24 heavy (non-hydrogen) atoms. The molecule has 0 unspecified atom stereocenters. The van der Waals surface area contributed by atoms with E-state index in [2.05, 4.69) is 6.92 Å². The molecule has 0 saturated carbocycles. The molecule has 0 bridgehead atoms. The van der Waals surface area contributed by atoms with E-state index in [1.54, 1.807) is 38.5 Å². The summed E-state index contributed by atoms with van der Waals surface area (Å²) in [5, 5.41) is 19.0. The van der Waals surface area contributed by atoms with Gasteiger partial charge in [0.2, 0.25) is 0 Å². The largest absolute Gasteiger partial charge is 0.508 e. The molecule has 0 aromatic heterocycles. The summed E-state index contributed by atoms with van der Waals surface area (Å²) in [6, 6.07) is 10.5. The zero-order chi connectivity index (χ0) is 17.5. The maximum atomic E-state index is 9.53. The van der Waals surface area contributed by atoms with Crippen LogP contribution in [-0.4, -0.2) is 24.4 Å². The van der Waals surface area contributed by atoms with Crippen molar-refractivity contribution in [1.29, 1.82) is 0 Å². The molecule has 2 aromatic carbocycles. The monoisotopic (exact) mass is 330 g/mol. The molecule has 0 spiro atoms.